The number of rotatable bonds is 0. The van der Waals surface area contributed by atoms with Crippen LogP contribution in [0.1, 0.15) is 75.7 Å². The molecule has 0 spiro atoms. The third kappa shape index (κ3) is 7.63. The van der Waals surface area contributed by atoms with E-state index in [0.29, 0.717) is 24.7 Å². The van der Waals surface area contributed by atoms with E-state index in [2.05, 4.69) is 25.3 Å². The van der Waals surface area contributed by atoms with Gasteiger partial charge in [0, 0.05) is 31.2 Å². The third-order valence-corrected chi connectivity index (χ3v) is 8.11. The average Bonchev–Trinajstić information content (AvgIpc) is 3.31. The molecule has 1 aromatic carbocycles. The number of carbonyl (C=O) groups is 1. The van der Waals surface area contributed by atoms with Gasteiger partial charge in [0.1, 0.15) is 6.10 Å². The van der Waals surface area contributed by atoms with Crippen molar-refractivity contribution in [2.24, 2.45) is 0 Å². The van der Waals surface area contributed by atoms with E-state index < -0.39 is 10.0 Å². The SMILES string of the molecule is O=C1NCCCCCCCCCNS(=O)(=O)c2ccc(cc2)Nc2ncc(cn2)[C@H]2CC[C@H](C2)O1. The molecule has 1 amide bonds. The minimum atomic E-state index is -3.53. The van der Waals surface area contributed by atoms with Crippen molar-refractivity contribution < 1.29 is 17.9 Å². The maximum atomic E-state index is 12.6. The molecule has 35 heavy (non-hydrogen) atoms. The van der Waals surface area contributed by atoms with Crippen molar-refractivity contribution in [3.63, 3.8) is 0 Å². The lowest BCUT2D eigenvalue weighted by molar-refractivity contribution is 0.100. The molecule has 4 aliphatic rings. The van der Waals surface area contributed by atoms with Gasteiger partial charge in [0.2, 0.25) is 16.0 Å². The van der Waals surface area contributed by atoms with Crippen LogP contribution in [0, 0.1) is 0 Å². The molecule has 4 heterocycles. The molecule has 2 aromatic rings. The van der Waals surface area contributed by atoms with Crippen molar-refractivity contribution in [3.8, 4) is 0 Å². The number of fused-ring (bicyclic) bond motifs is 2. The fraction of sp³-hybridized carbons (Fsp3) is 0.560. The maximum absolute atomic E-state index is 12.6. The van der Waals surface area contributed by atoms with Crippen molar-refractivity contribution >= 4 is 27.8 Å². The monoisotopic (exact) mass is 501 g/mol. The Labute approximate surface area is 207 Å². The Kier molecular flexibility index (Phi) is 8.92. The molecule has 10 heteroatoms. The molecule has 1 aliphatic carbocycles. The smallest absolute Gasteiger partial charge is 0.407 e. The third-order valence-electron chi connectivity index (χ3n) is 6.64. The van der Waals surface area contributed by atoms with Gasteiger partial charge in [-0.2, -0.15) is 0 Å². The summed E-state index contributed by atoms with van der Waals surface area (Å²) < 4.78 is 33.4. The summed E-state index contributed by atoms with van der Waals surface area (Å²) in [6, 6.07) is 6.58. The summed E-state index contributed by atoms with van der Waals surface area (Å²) in [5.41, 5.74) is 1.73. The molecule has 6 bridgehead atoms. The number of sulfonamides is 1. The Hall–Kier alpha value is -2.72. The number of hydrogen-bond donors (Lipinski definition) is 3. The second kappa shape index (κ2) is 12.3. The molecular formula is C25H35N5O4S. The van der Waals surface area contributed by atoms with E-state index in [1.807, 2.05) is 0 Å². The van der Waals surface area contributed by atoms with Gasteiger partial charge in [-0.05, 0) is 67.9 Å². The zero-order valence-electron chi connectivity index (χ0n) is 20.0. The standard InChI is InChI=1S/C25H35N5O4S/c31-25-26-14-6-4-2-1-3-5-7-15-29-35(32,33)23-12-9-21(10-13-23)30-24-27-17-20(18-28-24)19-8-11-22(16-19)34-25/h9-10,12-13,17-19,22,29H,1-8,11,14-16H2,(H,26,31)(H,27,28,30)/t19-,22+/m0/s1. The Morgan fingerprint density at radius 2 is 1.51 bits per heavy atom. The Balaban J connectivity index is 1.40. The van der Waals surface area contributed by atoms with Gasteiger partial charge in [0.05, 0.1) is 4.90 Å². The lowest BCUT2D eigenvalue weighted by Crippen LogP contribution is -2.28. The van der Waals surface area contributed by atoms with Gasteiger partial charge in [0.15, 0.2) is 0 Å². The highest BCUT2D eigenvalue weighted by atomic mass is 32.2. The number of hydrogen-bond acceptors (Lipinski definition) is 7. The Morgan fingerprint density at radius 1 is 0.857 bits per heavy atom. The highest BCUT2D eigenvalue weighted by molar-refractivity contribution is 7.89. The van der Waals surface area contributed by atoms with Crippen LogP contribution in [0.3, 0.4) is 0 Å². The topological polar surface area (TPSA) is 122 Å². The number of ether oxygens (including phenoxy) is 1. The predicted octanol–water partition coefficient (Wildman–Crippen LogP) is 4.61. The molecule has 0 saturated heterocycles. The minimum absolute atomic E-state index is 0.0827. The summed E-state index contributed by atoms with van der Waals surface area (Å²) in [6.07, 6.45) is 12.8. The number of aromatic nitrogens is 2. The van der Waals surface area contributed by atoms with Gasteiger partial charge in [0.25, 0.3) is 0 Å². The second-order valence-corrected chi connectivity index (χ2v) is 11.1. The van der Waals surface area contributed by atoms with E-state index in [4.69, 9.17) is 4.74 Å². The molecule has 0 unspecified atom stereocenters. The molecule has 0 radical (unpaired) electrons. The first-order valence-corrected chi connectivity index (χ1v) is 14.1. The average molecular weight is 502 g/mol. The quantitative estimate of drug-likeness (QED) is 0.482. The minimum Gasteiger partial charge on any atom is -0.446 e. The normalized spacial score (nSPS) is 24.3. The van der Waals surface area contributed by atoms with Crippen molar-refractivity contribution in [1.82, 2.24) is 20.0 Å². The molecule has 1 saturated carbocycles. The van der Waals surface area contributed by atoms with Crippen LogP contribution in [0.15, 0.2) is 41.6 Å². The van der Waals surface area contributed by atoms with Crippen molar-refractivity contribution in [2.75, 3.05) is 18.4 Å². The van der Waals surface area contributed by atoms with Crippen LogP contribution in [0.4, 0.5) is 16.4 Å². The summed E-state index contributed by atoms with van der Waals surface area (Å²) in [6.45, 7) is 1.05. The summed E-state index contributed by atoms with van der Waals surface area (Å²) in [5, 5.41) is 5.98. The fourth-order valence-corrected chi connectivity index (χ4v) is 5.69. The largest absolute Gasteiger partial charge is 0.446 e. The number of amides is 1. The van der Waals surface area contributed by atoms with Crippen LogP contribution in [0.25, 0.3) is 0 Å². The van der Waals surface area contributed by atoms with Crippen molar-refractivity contribution in [2.45, 2.75) is 81.1 Å². The molecule has 6 rings (SSSR count). The Bertz CT molecular complexity index is 1060. The summed E-state index contributed by atoms with van der Waals surface area (Å²) >= 11 is 0. The molecule has 1 fully saturated rings. The number of alkyl carbamates (subject to hydrolysis) is 1. The summed E-state index contributed by atoms with van der Waals surface area (Å²) in [4.78, 5) is 21.2. The summed E-state index contributed by atoms with van der Waals surface area (Å²) in [7, 11) is -3.53. The van der Waals surface area contributed by atoms with Crippen molar-refractivity contribution in [3.05, 3.63) is 42.2 Å². The van der Waals surface area contributed by atoms with Crippen LogP contribution in [-0.4, -0.2) is 43.7 Å². The second-order valence-electron chi connectivity index (χ2n) is 9.33. The highest BCUT2D eigenvalue weighted by Gasteiger charge is 2.29. The zero-order chi connectivity index (χ0) is 24.5. The molecule has 1 aromatic heterocycles. The van der Waals surface area contributed by atoms with Gasteiger partial charge < -0.3 is 15.4 Å². The summed E-state index contributed by atoms with van der Waals surface area (Å²) in [5.74, 6) is 0.700. The van der Waals surface area contributed by atoms with E-state index in [-0.39, 0.29) is 23.0 Å². The van der Waals surface area contributed by atoms with Gasteiger partial charge in [-0.1, -0.05) is 32.1 Å². The molecule has 9 nitrogen and oxygen atoms in total. The predicted molar refractivity (Wildman–Crippen MR) is 134 cm³/mol. The maximum Gasteiger partial charge on any atom is 0.407 e. The molecule has 190 valence electrons. The van der Waals surface area contributed by atoms with Crippen LogP contribution in [-0.2, 0) is 14.8 Å². The van der Waals surface area contributed by atoms with Crippen LogP contribution < -0.4 is 15.4 Å². The molecule has 2 atom stereocenters. The zero-order valence-corrected chi connectivity index (χ0v) is 20.9. The highest BCUT2D eigenvalue weighted by Crippen LogP contribution is 2.35. The van der Waals surface area contributed by atoms with E-state index in [0.717, 1.165) is 69.8 Å². The lowest BCUT2D eigenvalue weighted by Gasteiger charge is -2.14. The first-order chi connectivity index (χ1) is 17.0. The van der Waals surface area contributed by atoms with Crippen LogP contribution in [0.5, 0.6) is 0 Å². The van der Waals surface area contributed by atoms with E-state index in [1.54, 1.807) is 36.7 Å². The van der Waals surface area contributed by atoms with Gasteiger partial charge in [-0.3, -0.25) is 0 Å². The van der Waals surface area contributed by atoms with Gasteiger partial charge in [-0.15, -0.1) is 0 Å². The number of anilines is 2. The van der Waals surface area contributed by atoms with E-state index in [9.17, 15) is 13.2 Å². The number of nitrogens with one attached hydrogen (secondary N) is 3. The first-order valence-electron chi connectivity index (χ1n) is 12.6. The van der Waals surface area contributed by atoms with E-state index >= 15 is 0 Å². The van der Waals surface area contributed by atoms with Crippen LogP contribution in [0.2, 0.25) is 0 Å². The van der Waals surface area contributed by atoms with E-state index in [1.165, 1.54) is 0 Å². The molecule has 3 aliphatic heterocycles. The number of nitrogens with zero attached hydrogens (tertiary/aromatic N) is 2. The molecular weight excluding hydrogens is 466 g/mol. The van der Waals surface area contributed by atoms with Gasteiger partial charge >= 0.3 is 6.09 Å². The molecule has 3 N–H and O–H groups in total. The van der Waals surface area contributed by atoms with Crippen molar-refractivity contribution in [1.29, 1.82) is 0 Å². The lowest BCUT2D eigenvalue weighted by atomic mass is 10.0. The van der Waals surface area contributed by atoms with Gasteiger partial charge in [-0.25, -0.2) is 27.9 Å². The fourth-order valence-electron chi connectivity index (χ4n) is 4.62. The Morgan fingerprint density at radius 3 is 2.23 bits per heavy atom. The number of carbonyl (C=O) groups excluding carboxylic acids is 1. The van der Waals surface area contributed by atoms with Crippen LogP contribution >= 0.6 is 0 Å². The first kappa shape index (κ1) is 25.4. The number of benzene rings is 1.